The first-order valence-electron chi connectivity index (χ1n) is 5.25. The lowest BCUT2D eigenvalue weighted by molar-refractivity contribution is 0.515. The molecular formula is C11H13F2N3. The molecule has 0 atom stereocenters. The van der Waals surface area contributed by atoms with Crippen molar-refractivity contribution in [2.24, 2.45) is 0 Å². The number of imidazole rings is 1. The number of fused-ring (bicyclic) bond motifs is 1. The maximum absolute atomic E-state index is 13.3. The molecule has 1 heterocycles. The van der Waals surface area contributed by atoms with Crippen LogP contribution in [0, 0.1) is 11.6 Å². The fraction of sp³-hybridized carbons (Fsp3) is 0.364. The molecule has 1 aromatic heterocycles. The van der Waals surface area contributed by atoms with Gasteiger partial charge in [-0.05, 0) is 18.7 Å². The Kier molecular flexibility index (Phi) is 3.14. The summed E-state index contributed by atoms with van der Waals surface area (Å²) < 4.78 is 26.3. The number of H-pyrrole nitrogens is 1. The number of halogens is 2. The van der Waals surface area contributed by atoms with Crippen molar-refractivity contribution in [3.8, 4) is 0 Å². The van der Waals surface area contributed by atoms with Crippen LogP contribution in [-0.2, 0) is 6.42 Å². The number of benzene rings is 1. The largest absolute Gasteiger partial charge is 0.342 e. The van der Waals surface area contributed by atoms with E-state index in [0.29, 0.717) is 17.8 Å². The number of hydrogen-bond donors (Lipinski definition) is 2. The van der Waals surface area contributed by atoms with Crippen molar-refractivity contribution in [2.45, 2.75) is 13.3 Å². The Labute approximate surface area is 91.9 Å². The van der Waals surface area contributed by atoms with Gasteiger partial charge in [0.1, 0.15) is 11.3 Å². The molecule has 86 valence electrons. The lowest BCUT2D eigenvalue weighted by atomic mass is 10.3. The van der Waals surface area contributed by atoms with E-state index in [1.165, 1.54) is 6.07 Å². The van der Waals surface area contributed by atoms with Crippen LogP contribution in [0.1, 0.15) is 12.7 Å². The summed E-state index contributed by atoms with van der Waals surface area (Å²) >= 11 is 0. The summed E-state index contributed by atoms with van der Waals surface area (Å²) in [6.45, 7) is 3.65. The van der Waals surface area contributed by atoms with Crippen molar-refractivity contribution in [1.29, 1.82) is 0 Å². The summed E-state index contributed by atoms with van der Waals surface area (Å²) in [5, 5.41) is 3.14. The van der Waals surface area contributed by atoms with E-state index in [-0.39, 0.29) is 5.52 Å². The average molecular weight is 225 g/mol. The molecule has 2 rings (SSSR count). The van der Waals surface area contributed by atoms with Crippen LogP contribution >= 0.6 is 0 Å². The quantitative estimate of drug-likeness (QED) is 0.781. The number of hydrogen-bond acceptors (Lipinski definition) is 2. The third-order valence-electron chi connectivity index (χ3n) is 2.38. The Morgan fingerprint density at radius 3 is 2.94 bits per heavy atom. The Bertz CT molecular complexity index is 493. The molecule has 1 aromatic carbocycles. The molecule has 0 fully saturated rings. The molecule has 0 saturated carbocycles. The van der Waals surface area contributed by atoms with Crippen LogP contribution in [0.25, 0.3) is 11.0 Å². The van der Waals surface area contributed by atoms with E-state index in [4.69, 9.17) is 0 Å². The third kappa shape index (κ3) is 2.04. The summed E-state index contributed by atoms with van der Waals surface area (Å²) in [4.78, 5) is 7.00. The second-order valence-electron chi connectivity index (χ2n) is 3.54. The average Bonchev–Trinajstić information content (AvgIpc) is 2.68. The van der Waals surface area contributed by atoms with Gasteiger partial charge in [0.05, 0.1) is 5.52 Å². The maximum atomic E-state index is 13.3. The zero-order valence-corrected chi connectivity index (χ0v) is 8.98. The van der Waals surface area contributed by atoms with Crippen LogP contribution in [0.3, 0.4) is 0 Å². The van der Waals surface area contributed by atoms with Crippen molar-refractivity contribution >= 4 is 11.0 Å². The lowest BCUT2D eigenvalue weighted by Gasteiger charge is -1.96. The lowest BCUT2D eigenvalue weighted by Crippen LogP contribution is -2.16. The van der Waals surface area contributed by atoms with Crippen LogP contribution in [0.2, 0.25) is 0 Å². The highest BCUT2D eigenvalue weighted by molar-refractivity contribution is 5.75. The zero-order chi connectivity index (χ0) is 11.5. The van der Waals surface area contributed by atoms with Gasteiger partial charge in [-0.15, -0.1) is 0 Å². The first-order chi connectivity index (χ1) is 7.72. The first kappa shape index (κ1) is 11.0. The smallest absolute Gasteiger partial charge is 0.186 e. The minimum Gasteiger partial charge on any atom is -0.342 e. The first-order valence-corrected chi connectivity index (χ1v) is 5.25. The topological polar surface area (TPSA) is 40.7 Å². The molecule has 0 aliphatic carbocycles. The standard InChI is InChI=1S/C11H13F2N3/c1-2-14-6-5-9-15-8-4-3-7(12)10(13)11(8)16-9/h3-4,14H,2,5-6H2,1H3,(H,15,16). The van der Waals surface area contributed by atoms with Crippen LogP contribution in [0.4, 0.5) is 8.78 Å². The van der Waals surface area contributed by atoms with Crippen LogP contribution < -0.4 is 5.32 Å². The Balaban J connectivity index is 2.26. The van der Waals surface area contributed by atoms with Crippen molar-refractivity contribution < 1.29 is 8.78 Å². The van der Waals surface area contributed by atoms with Gasteiger partial charge in [0.2, 0.25) is 0 Å². The number of nitrogens with zero attached hydrogens (tertiary/aromatic N) is 1. The molecule has 0 unspecified atom stereocenters. The van der Waals surface area contributed by atoms with Gasteiger partial charge in [-0.2, -0.15) is 0 Å². The highest BCUT2D eigenvalue weighted by Crippen LogP contribution is 2.18. The van der Waals surface area contributed by atoms with Crippen LogP contribution in [0.5, 0.6) is 0 Å². The predicted molar refractivity (Wildman–Crippen MR) is 58.3 cm³/mol. The molecule has 0 spiro atoms. The van der Waals surface area contributed by atoms with Gasteiger partial charge >= 0.3 is 0 Å². The summed E-state index contributed by atoms with van der Waals surface area (Å²) in [6.07, 6.45) is 0.670. The van der Waals surface area contributed by atoms with E-state index in [1.54, 1.807) is 0 Å². The van der Waals surface area contributed by atoms with Crippen molar-refractivity contribution in [2.75, 3.05) is 13.1 Å². The Morgan fingerprint density at radius 2 is 2.19 bits per heavy atom. The van der Waals surface area contributed by atoms with Crippen molar-refractivity contribution in [3.05, 3.63) is 29.6 Å². The number of aromatic nitrogens is 2. The highest BCUT2D eigenvalue weighted by Gasteiger charge is 2.11. The molecule has 0 bridgehead atoms. The van der Waals surface area contributed by atoms with Gasteiger partial charge in [0, 0.05) is 13.0 Å². The summed E-state index contributed by atoms with van der Waals surface area (Å²) in [7, 11) is 0. The molecule has 0 saturated heterocycles. The van der Waals surface area contributed by atoms with Crippen molar-refractivity contribution in [1.82, 2.24) is 15.3 Å². The normalized spacial score (nSPS) is 11.2. The van der Waals surface area contributed by atoms with Gasteiger partial charge in [-0.1, -0.05) is 6.92 Å². The van der Waals surface area contributed by atoms with Gasteiger partial charge < -0.3 is 10.3 Å². The van der Waals surface area contributed by atoms with Gasteiger partial charge in [-0.25, -0.2) is 13.8 Å². The third-order valence-corrected chi connectivity index (χ3v) is 2.38. The van der Waals surface area contributed by atoms with E-state index >= 15 is 0 Å². The van der Waals surface area contributed by atoms with Gasteiger partial charge in [0.25, 0.3) is 0 Å². The number of nitrogens with one attached hydrogen (secondary N) is 2. The second kappa shape index (κ2) is 4.57. The Morgan fingerprint density at radius 1 is 1.38 bits per heavy atom. The molecule has 0 aliphatic heterocycles. The van der Waals surface area contributed by atoms with E-state index in [2.05, 4.69) is 15.3 Å². The van der Waals surface area contributed by atoms with Gasteiger partial charge in [0.15, 0.2) is 11.6 Å². The highest BCUT2D eigenvalue weighted by atomic mass is 19.2. The molecule has 0 radical (unpaired) electrons. The molecule has 0 aliphatic rings. The molecule has 16 heavy (non-hydrogen) atoms. The second-order valence-corrected chi connectivity index (χ2v) is 3.54. The fourth-order valence-electron chi connectivity index (χ4n) is 1.57. The Hall–Kier alpha value is -1.49. The summed E-state index contributed by atoms with van der Waals surface area (Å²) in [5.74, 6) is -1.08. The molecule has 2 aromatic rings. The minimum atomic E-state index is -0.886. The minimum absolute atomic E-state index is 0.0755. The predicted octanol–water partition coefficient (Wildman–Crippen LogP) is 1.99. The molecule has 3 nitrogen and oxygen atoms in total. The molecule has 0 amide bonds. The fourth-order valence-corrected chi connectivity index (χ4v) is 1.57. The molecular weight excluding hydrogens is 212 g/mol. The van der Waals surface area contributed by atoms with Crippen LogP contribution in [-0.4, -0.2) is 23.1 Å². The van der Waals surface area contributed by atoms with E-state index < -0.39 is 11.6 Å². The van der Waals surface area contributed by atoms with E-state index in [9.17, 15) is 8.78 Å². The number of aromatic amines is 1. The number of likely N-dealkylation sites (N-methyl/N-ethyl adjacent to an activating group) is 1. The maximum Gasteiger partial charge on any atom is 0.186 e. The summed E-state index contributed by atoms with van der Waals surface area (Å²) in [6, 6.07) is 2.60. The van der Waals surface area contributed by atoms with Crippen LogP contribution in [0.15, 0.2) is 12.1 Å². The van der Waals surface area contributed by atoms with E-state index in [1.807, 2.05) is 6.92 Å². The molecule has 2 N–H and O–H groups in total. The van der Waals surface area contributed by atoms with Crippen molar-refractivity contribution in [3.63, 3.8) is 0 Å². The van der Waals surface area contributed by atoms with Gasteiger partial charge in [-0.3, -0.25) is 0 Å². The molecule has 5 heteroatoms. The number of rotatable bonds is 4. The SMILES string of the molecule is CCNCCc1nc2c(F)c(F)ccc2[nH]1. The monoisotopic (exact) mass is 225 g/mol. The van der Waals surface area contributed by atoms with E-state index in [0.717, 1.165) is 19.2 Å². The summed E-state index contributed by atoms with van der Waals surface area (Å²) in [5.41, 5.74) is 0.608. The zero-order valence-electron chi connectivity index (χ0n) is 8.98.